The number of thiophene rings is 2. The maximum Gasteiger partial charge on any atom is 0.343 e. The van der Waals surface area contributed by atoms with Gasteiger partial charge in [-0.3, -0.25) is 4.79 Å². The summed E-state index contributed by atoms with van der Waals surface area (Å²) in [5, 5.41) is -0.720. The fourth-order valence-corrected chi connectivity index (χ4v) is 9.55. The van der Waals surface area contributed by atoms with Gasteiger partial charge in [-0.05, 0) is 134 Å². The minimum atomic E-state index is -0.720. The highest BCUT2D eigenvalue weighted by Gasteiger charge is 2.23. The molecule has 0 spiro atoms. The molecule has 2 aromatic heterocycles. The van der Waals surface area contributed by atoms with E-state index in [4.69, 9.17) is 30.5 Å². The lowest BCUT2D eigenvalue weighted by molar-refractivity contribution is -0.134. The molecule has 0 bridgehead atoms. The second-order valence-corrected chi connectivity index (χ2v) is 19.5. The molecular weight excluding hydrogens is 908 g/mol. The van der Waals surface area contributed by atoms with Crippen molar-refractivity contribution in [3.05, 3.63) is 110 Å². The molecule has 5 aromatic rings. The van der Waals surface area contributed by atoms with Crippen LogP contribution in [0.25, 0.3) is 20.9 Å². The Hall–Kier alpha value is -2.99. The molecule has 0 aliphatic carbocycles. The number of benzene rings is 3. The molecule has 5 rings (SSSR count). The Kier molecular flexibility index (Phi) is 19.1. The van der Waals surface area contributed by atoms with E-state index >= 15 is 0 Å². The fourth-order valence-electron chi connectivity index (χ4n) is 6.14. The maximum absolute atomic E-state index is 12.8. The van der Waals surface area contributed by atoms with Crippen LogP contribution < -0.4 is 14.2 Å². The molecule has 0 saturated heterocycles. The summed E-state index contributed by atoms with van der Waals surface area (Å²) in [4.78, 5) is 27.6. The molecule has 11 heteroatoms. The quantitative estimate of drug-likeness (QED) is 0.0266. The van der Waals surface area contributed by atoms with Crippen molar-refractivity contribution >= 4 is 78.1 Å². The first-order valence-corrected chi connectivity index (χ1v) is 23.5. The molecule has 57 heavy (non-hydrogen) atoms. The minimum absolute atomic E-state index is 0.00498. The van der Waals surface area contributed by atoms with E-state index in [0.717, 1.165) is 56.9 Å². The third-order valence-electron chi connectivity index (χ3n) is 9.71. The van der Waals surface area contributed by atoms with Crippen molar-refractivity contribution in [1.82, 2.24) is 0 Å². The number of halogens is 3. The van der Waals surface area contributed by atoms with Gasteiger partial charge < -0.3 is 18.9 Å². The summed E-state index contributed by atoms with van der Waals surface area (Å²) in [5.74, 6) is 0.582. The molecule has 304 valence electrons. The zero-order valence-corrected chi connectivity index (χ0v) is 38.2. The molecule has 0 amide bonds. The highest BCUT2D eigenvalue weighted by molar-refractivity contribution is 9.11. The van der Waals surface area contributed by atoms with Gasteiger partial charge in [-0.25, -0.2) is 4.79 Å². The Morgan fingerprint density at radius 1 is 0.649 bits per heavy atom. The molecule has 0 fully saturated rings. The van der Waals surface area contributed by atoms with Gasteiger partial charge in [0.2, 0.25) is 0 Å². The van der Waals surface area contributed by atoms with Crippen LogP contribution in [0.1, 0.15) is 100 Å². The van der Waals surface area contributed by atoms with Gasteiger partial charge in [0.1, 0.15) is 22.6 Å². The predicted molar refractivity (Wildman–Crippen MR) is 242 cm³/mol. The first-order valence-electron chi connectivity index (χ1n) is 19.8. The van der Waals surface area contributed by atoms with Crippen molar-refractivity contribution in [3.63, 3.8) is 0 Å². The standard InChI is InChI=1S/C46H51Br2ClO6S2/c1-3-32(2)43(49)46(51)55-39-24-22-38(23-25-39)54-45(50)35-16-14-33(15-17-35)34-18-20-37(21-19-34)53-29-13-11-9-7-5-4-6-8-10-12-28-52-31-36-30-42(48)57-44(36)40-26-27-41(47)56-40/h14-27,30,32,43H,3-13,28-29,31H2,1-2H3. The number of alkyl halides is 1. The summed E-state index contributed by atoms with van der Waals surface area (Å²) >= 11 is 16.9. The first kappa shape index (κ1) is 45.1. The van der Waals surface area contributed by atoms with Crippen LogP contribution >= 0.6 is 66.1 Å². The number of ether oxygens (including phenoxy) is 4. The van der Waals surface area contributed by atoms with Gasteiger partial charge in [-0.1, -0.05) is 95.9 Å². The topological polar surface area (TPSA) is 71.1 Å². The van der Waals surface area contributed by atoms with Crippen molar-refractivity contribution in [3.8, 4) is 38.1 Å². The van der Waals surface area contributed by atoms with Gasteiger partial charge in [0.15, 0.2) is 0 Å². The Balaban J connectivity index is 0.875. The molecule has 0 aliphatic rings. The van der Waals surface area contributed by atoms with Crippen LogP contribution in [-0.2, 0) is 16.1 Å². The summed E-state index contributed by atoms with van der Waals surface area (Å²) < 4.78 is 25.2. The lowest BCUT2D eigenvalue weighted by Gasteiger charge is -2.15. The van der Waals surface area contributed by atoms with Gasteiger partial charge in [0.05, 0.1) is 31.2 Å². The number of rotatable bonds is 24. The largest absolute Gasteiger partial charge is 0.494 e. The van der Waals surface area contributed by atoms with Crippen molar-refractivity contribution in [2.24, 2.45) is 5.92 Å². The van der Waals surface area contributed by atoms with Gasteiger partial charge >= 0.3 is 11.9 Å². The lowest BCUT2D eigenvalue weighted by atomic mass is 10.0. The Morgan fingerprint density at radius 3 is 1.77 bits per heavy atom. The average Bonchev–Trinajstić information content (AvgIpc) is 3.83. The van der Waals surface area contributed by atoms with Crippen molar-refractivity contribution in [2.45, 2.75) is 96.5 Å². The number of hydrogen-bond donors (Lipinski definition) is 0. The second-order valence-electron chi connectivity index (χ2n) is 14.1. The molecule has 0 saturated carbocycles. The predicted octanol–water partition coefficient (Wildman–Crippen LogP) is 14.9. The van der Waals surface area contributed by atoms with E-state index in [1.54, 1.807) is 59.1 Å². The van der Waals surface area contributed by atoms with Gasteiger partial charge in [-0.15, -0.1) is 34.3 Å². The van der Waals surface area contributed by atoms with E-state index in [2.05, 4.69) is 50.1 Å². The molecule has 0 radical (unpaired) electrons. The van der Waals surface area contributed by atoms with Crippen LogP contribution in [-0.4, -0.2) is 30.5 Å². The first-order chi connectivity index (χ1) is 27.7. The zero-order chi connectivity index (χ0) is 40.4. The van der Waals surface area contributed by atoms with Crippen LogP contribution in [0.5, 0.6) is 17.2 Å². The van der Waals surface area contributed by atoms with E-state index in [1.165, 1.54) is 66.7 Å². The SMILES string of the molecule is CCC(C)C(Cl)C(=O)Oc1ccc(OC(=O)c2ccc(-c3ccc(OCCCCCCCCCCCCOCc4cc(Br)sc4-c4ccc(Br)s4)cc3)cc2)cc1. The molecular formula is C46H51Br2ClO6S2. The third-order valence-corrected chi connectivity index (χ3v) is 13.8. The second kappa shape index (κ2) is 24.2. The van der Waals surface area contributed by atoms with Crippen molar-refractivity contribution in [1.29, 1.82) is 0 Å². The summed E-state index contributed by atoms with van der Waals surface area (Å²) in [7, 11) is 0. The number of hydrogen-bond acceptors (Lipinski definition) is 8. The van der Waals surface area contributed by atoms with Gasteiger partial charge in [0, 0.05) is 11.5 Å². The Morgan fingerprint density at radius 2 is 1.19 bits per heavy atom. The summed E-state index contributed by atoms with van der Waals surface area (Å²) in [5.41, 5.74) is 3.72. The molecule has 0 N–H and O–H groups in total. The highest BCUT2D eigenvalue weighted by Crippen LogP contribution is 2.40. The van der Waals surface area contributed by atoms with Gasteiger partial charge in [-0.2, -0.15) is 0 Å². The van der Waals surface area contributed by atoms with Crippen LogP contribution in [0.4, 0.5) is 0 Å². The third kappa shape index (κ3) is 15.0. The van der Waals surface area contributed by atoms with E-state index < -0.39 is 17.3 Å². The van der Waals surface area contributed by atoms with Crippen LogP contribution in [0, 0.1) is 5.92 Å². The Labute approximate surface area is 367 Å². The normalized spacial score (nSPS) is 12.3. The van der Waals surface area contributed by atoms with Crippen molar-refractivity contribution in [2.75, 3.05) is 13.2 Å². The highest BCUT2D eigenvalue weighted by atomic mass is 79.9. The van der Waals surface area contributed by atoms with Gasteiger partial charge in [0.25, 0.3) is 0 Å². The molecule has 6 nitrogen and oxygen atoms in total. The monoisotopic (exact) mass is 956 g/mol. The number of unbranched alkanes of at least 4 members (excludes halogenated alkanes) is 9. The lowest BCUT2D eigenvalue weighted by Crippen LogP contribution is -2.26. The van der Waals surface area contributed by atoms with Crippen LogP contribution in [0.3, 0.4) is 0 Å². The summed E-state index contributed by atoms with van der Waals surface area (Å²) in [6.07, 6.45) is 13.1. The smallest absolute Gasteiger partial charge is 0.343 e. The van der Waals surface area contributed by atoms with E-state index in [1.807, 2.05) is 50.2 Å². The number of carbonyl (C=O) groups excluding carboxylic acids is 2. The molecule has 2 atom stereocenters. The molecule has 2 heterocycles. The van der Waals surface area contributed by atoms with E-state index in [0.29, 0.717) is 23.7 Å². The zero-order valence-electron chi connectivity index (χ0n) is 32.6. The maximum atomic E-state index is 12.8. The van der Waals surface area contributed by atoms with E-state index in [-0.39, 0.29) is 5.92 Å². The number of esters is 2. The molecule has 2 unspecified atom stereocenters. The fraction of sp³-hybridized carbons (Fsp3) is 0.391. The number of carbonyl (C=O) groups is 2. The molecule has 3 aromatic carbocycles. The average molecular weight is 959 g/mol. The summed E-state index contributed by atoms with van der Waals surface area (Å²) in [6, 6.07) is 28.1. The Bertz CT molecular complexity index is 1960. The van der Waals surface area contributed by atoms with Crippen LogP contribution in [0.15, 0.2) is 98.6 Å². The molecule has 0 aliphatic heterocycles. The van der Waals surface area contributed by atoms with Crippen LogP contribution in [0.2, 0.25) is 0 Å². The van der Waals surface area contributed by atoms with Crippen molar-refractivity contribution < 1.29 is 28.5 Å². The van der Waals surface area contributed by atoms with E-state index in [9.17, 15) is 9.59 Å². The minimum Gasteiger partial charge on any atom is -0.494 e. The summed E-state index contributed by atoms with van der Waals surface area (Å²) in [6.45, 7) is 6.07.